The van der Waals surface area contributed by atoms with Gasteiger partial charge in [-0.3, -0.25) is 14.6 Å². The molecule has 0 bridgehead atoms. The average Bonchev–Trinajstić information content (AvgIpc) is 2.19. The molecule has 9 heteroatoms. The van der Waals surface area contributed by atoms with Gasteiger partial charge in [0.05, 0.1) is 13.5 Å². The maximum atomic E-state index is 12.0. The SMILES string of the molecule is COc1cc(CC(=O)O)c(OC(F)(F)F)[nH]c1=O. The Balaban J connectivity index is 3.25. The van der Waals surface area contributed by atoms with Gasteiger partial charge in [-0.15, -0.1) is 13.2 Å². The molecule has 100 valence electrons. The van der Waals surface area contributed by atoms with Crippen molar-refractivity contribution >= 4 is 5.97 Å². The first-order valence-electron chi connectivity index (χ1n) is 4.50. The van der Waals surface area contributed by atoms with Crippen molar-refractivity contribution in [3.63, 3.8) is 0 Å². The van der Waals surface area contributed by atoms with Crippen LogP contribution in [0, 0.1) is 0 Å². The molecule has 1 aromatic rings. The summed E-state index contributed by atoms with van der Waals surface area (Å²) >= 11 is 0. The molecule has 0 saturated carbocycles. The molecule has 2 N–H and O–H groups in total. The first-order chi connectivity index (χ1) is 8.23. The second-order valence-electron chi connectivity index (χ2n) is 3.14. The lowest BCUT2D eigenvalue weighted by molar-refractivity contribution is -0.276. The number of methoxy groups -OCH3 is 1. The van der Waals surface area contributed by atoms with Crippen molar-refractivity contribution in [1.29, 1.82) is 0 Å². The molecule has 0 fully saturated rings. The van der Waals surface area contributed by atoms with Crippen LogP contribution in [0.4, 0.5) is 13.2 Å². The summed E-state index contributed by atoms with van der Waals surface area (Å²) in [4.78, 5) is 23.5. The Kier molecular flexibility index (Phi) is 3.84. The highest BCUT2D eigenvalue weighted by molar-refractivity contribution is 5.71. The van der Waals surface area contributed by atoms with Gasteiger partial charge in [0, 0.05) is 5.56 Å². The van der Waals surface area contributed by atoms with Gasteiger partial charge >= 0.3 is 12.3 Å². The van der Waals surface area contributed by atoms with Crippen molar-refractivity contribution in [1.82, 2.24) is 4.98 Å². The number of halogens is 3. The number of H-pyrrole nitrogens is 1. The number of carboxylic acids is 1. The maximum absolute atomic E-state index is 12.0. The number of pyridine rings is 1. The molecule has 1 heterocycles. The molecule has 18 heavy (non-hydrogen) atoms. The Morgan fingerprint density at radius 1 is 1.50 bits per heavy atom. The van der Waals surface area contributed by atoms with Crippen molar-refractivity contribution in [3.8, 4) is 11.6 Å². The van der Waals surface area contributed by atoms with E-state index in [1.54, 1.807) is 4.98 Å². The molecular formula is C9H8F3NO5. The third-order valence-electron chi connectivity index (χ3n) is 1.83. The Hall–Kier alpha value is -2.19. The van der Waals surface area contributed by atoms with E-state index in [0.717, 1.165) is 13.2 Å². The number of rotatable bonds is 4. The summed E-state index contributed by atoms with van der Waals surface area (Å²) in [5.41, 5.74) is -1.30. The van der Waals surface area contributed by atoms with Crippen LogP contribution in [-0.2, 0) is 11.2 Å². The minimum atomic E-state index is -5.04. The van der Waals surface area contributed by atoms with Gasteiger partial charge in [-0.2, -0.15) is 0 Å². The van der Waals surface area contributed by atoms with Gasteiger partial charge in [0.2, 0.25) is 5.88 Å². The number of carboxylic acid groups (broad SMARTS) is 1. The predicted octanol–water partition coefficient (Wildman–Crippen LogP) is 0.909. The molecule has 0 radical (unpaired) electrons. The van der Waals surface area contributed by atoms with Crippen LogP contribution in [0.15, 0.2) is 10.9 Å². The molecule has 0 aliphatic rings. The molecule has 0 aromatic carbocycles. The summed E-state index contributed by atoms with van der Waals surface area (Å²) in [7, 11) is 1.12. The van der Waals surface area contributed by atoms with Crippen LogP contribution in [-0.4, -0.2) is 29.5 Å². The average molecular weight is 267 g/mol. The lowest BCUT2D eigenvalue weighted by Gasteiger charge is -2.12. The Morgan fingerprint density at radius 2 is 2.11 bits per heavy atom. The molecule has 0 unspecified atom stereocenters. The number of ether oxygens (including phenoxy) is 2. The summed E-state index contributed by atoms with van der Waals surface area (Å²) in [6.45, 7) is 0. The molecule has 0 spiro atoms. The highest BCUT2D eigenvalue weighted by Crippen LogP contribution is 2.25. The standard InChI is InChI=1S/C9H8F3NO5/c1-17-5-2-4(3-6(14)15)8(13-7(5)16)18-9(10,11)12/h2H,3H2,1H3,(H,13,16)(H,14,15). The van der Waals surface area contributed by atoms with E-state index < -0.39 is 30.2 Å². The third-order valence-corrected chi connectivity index (χ3v) is 1.83. The number of aromatic nitrogens is 1. The number of hydrogen-bond donors (Lipinski definition) is 2. The molecule has 1 aromatic heterocycles. The third kappa shape index (κ3) is 3.68. The van der Waals surface area contributed by atoms with Gasteiger partial charge < -0.3 is 14.6 Å². The highest BCUT2D eigenvalue weighted by Gasteiger charge is 2.33. The van der Waals surface area contributed by atoms with Crippen molar-refractivity contribution in [2.75, 3.05) is 7.11 Å². The van der Waals surface area contributed by atoms with E-state index in [-0.39, 0.29) is 11.3 Å². The lowest BCUT2D eigenvalue weighted by Crippen LogP contribution is -2.22. The summed E-state index contributed by atoms with van der Waals surface area (Å²) in [5, 5.41) is 8.55. The van der Waals surface area contributed by atoms with Crippen LogP contribution in [0.2, 0.25) is 0 Å². The van der Waals surface area contributed by atoms with Gasteiger partial charge in [0.25, 0.3) is 5.56 Å². The van der Waals surface area contributed by atoms with E-state index in [1.165, 1.54) is 0 Å². The number of hydrogen-bond acceptors (Lipinski definition) is 4. The largest absolute Gasteiger partial charge is 0.574 e. The van der Waals surface area contributed by atoms with Gasteiger partial charge in [0.1, 0.15) is 0 Å². The van der Waals surface area contributed by atoms with Gasteiger partial charge in [-0.05, 0) is 6.07 Å². The molecule has 0 aliphatic carbocycles. The molecule has 0 aliphatic heterocycles. The molecule has 0 atom stereocenters. The van der Waals surface area contributed by atoms with E-state index in [0.29, 0.717) is 0 Å². The van der Waals surface area contributed by atoms with E-state index in [1.807, 2.05) is 0 Å². The molecule has 0 saturated heterocycles. The summed E-state index contributed by atoms with van der Waals surface area (Å²) in [6, 6.07) is 0.883. The molecule has 0 amide bonds. The zero-order chi connectivity index (χ0) is 13.9. The first kappa shape index (κ1) is 13.9. The molecular weight excluding hydrogens is 259 g/mol. The van der Waals surface area contributed by atoms with Crippen molar-refractivity contribution in [2.45, 2.75) is 12.8 Å². The topological polar surface area (TPSA) is 88.6 Å². The number of carbonyl (C=O) groups is 1. The second-order valence-corrected chi connectivity index (χ2v) is 3.14. The number of nitrogens with one attached hydrogen (secondary N) is 1. The summed E-state index contributed by atoms with van der Waals surface area (Å²) in [6.07, 6.45) is -5.79. The molecule has 6 nitrogen and oxygen atoms in total. The Labute approximate surface area is 98.0 Å². The van der Waals surface area contributed by atoms with E-state index in [4.69, 9.17) is 5.11 Å². The van der Waals surface area contributed by atoms with Crippen LogP contribution in [0.1, 0.15) is 5.56 Å². The maximum Gasteiger partial charge on any atom is 0.574 e. The number of alkyl halides is 3. The monoisotopic (exact) mass is 267 g/mol. The van der Waals surface area contributed by atoms with E-state index >= 15 is 0 Å². The van der Waals surface area contributed by atoms with Crippen LogP contribution in [0.3, 0.4) is 0 Å². The van der Waals surface area contributed by atoms with Crippen LogP contribution in [0.25, 0.3) is 0 Å². The smallest absolute Gasteiger partial charge is 0.491 e. The Morgan fingerprint density at radius 3 is 2.56 bits per heavy atom. The van der Waals surface area contributed by atoms with Crippen molar-refractivity contribution in [3.05, 3.63) is 22.0 Å². The predicted molar refractivity (Wildman–Crippen MR) is 51.6 cm³/mol. The summed E-state index contributed by atoms with van der Waals surface area (Å²) < 4.78 is 44.3. The van der Waals surface area contributed by atoms with E-state index in [9.17, 15) is 22.8 Å². The normalized spacial score (nSPS) is 11.1. The highest BCUT2D eigenvalue weighted by atomic mass is 19.4. The van der Waals surface area contributed by atoms with Gasteiger partial charge in [-0.25, -0.2) is 0 Å². The van der Waals surface area contributed by atoms with Crippen molar-refractivity contribution in [2.24, 2.45) is 0 Å². The fourth-order valence-corrected chi connectivity index (χ4v) is 1.19. The van der Waals surface area contributed by atoms with Crippen molar-refractivity contribution < 1.29 is 32.5 Å². The van der Waals surface area contributed by atoms with Crippen LogP contribution < -0.4 is 15.0 Å². The fourth-order valence-electron chi connectivity index (χ4n) is 1.19. The zero-order valence-corrected chi connectivity index (χ0v) is 9.00. The molecule has 1 rings (SSSR count). The van der Waals surface area contributed by atoms with E-state index in [2.05, 4.69) is 9.47 Å². The second kappa shape index (κ2) is 4.98. The zero-order valence-electron chi connectivity index (χ0n) is 9.00. The van der Waals surface area contributed by atoms with Crippen LogP contribution in [0.5, 0.6) is 11.6 Å². The van der Waals surface area contributed by atoms with Gasteiger partial charge in [0.15, 0.2) is 5.75 Å². The fraction of sp³-hybridized carbons (Fsp3) is 0.333. The first-order valence-corrected chi connectivity index (χ1v) is 4.50. The quantitative estimate of drug-likeness (QED) is 0.846. The summed E-state index contributed by atoms with van der Waals surface area (Å²) in [5.74, 6) is -2.65. The van der Waals surface area contributed by atoms with Gasteiger partial charge in [-0.1, -0.05) is 0 Å². The minimum absolute atomic E-state index is 0.305. The number of aromatic amines is 1. The minimum Gasteiger partial charge on any atom is -0.491 e. The van der Waals surface area contributed by atoms with Crippen LogP contribution >= 0.6 is 0 Å². The number of aliphatic carboxylic acids is 1. The lowest BCUT2D eigenvalue weighted by atomic mass is 10.2. The Bertz CT molecular complexity index is 508.